The van der Waals surface area contributed by atoms with Crippen molar-refractivity contribution in [2.24, 2.45) is 0 Å². The van der Waals surface area contributed by atoms with E-state index >= 15 is 0 Å². The summed E-state index contributed by atoms with van der Waals surface area (Å²) in [5.74, 6) is -1.27. The van der Waals surface area contributed by atoms with Crippen LogP contribution in [0.25, 0.3) is 10.9 Å². The first-order valence-corrected chi connectivity index (χ1v) is 11.7. The Hall–Kier alpha value is -4.35. The Labute approximate surface area is 218 Å². The minimum absolute atomic E-state index is 0.0183. The molecule has 0 aliphatic heterocycles. The second kappa shape index (κ2) is 11.2. The van der Waals surface area contributed by atoms with Gasteiger partial charge >= 0.3 is 12.4 Å². The van der Waals surface area contributed by atoms with Crippen molar-refractivity contribution in [2.45, 2.75) is 37.8 Å². The van der Waals surface area contributed by atoms with Crippen LogP contribution in [-0.4, -0.2) is 27.8 Å². The fourth-order valence-corrected chi connectivity index (χ4v) is 4.09. The van der Waals surface area contributed by atoms with Crippen molar-refractivity contribution in [1.29, 1.82) is 0 Å². The van der Waals surface area contributed by atoms with Gasteiger partial charge in [-0.1, -0.05) is 18.2 Å². The minimum Gasteiger partial charge on any atom is -0.361 e. The topological polar surface area (TPSA) is 86.9 Å². The number of rotatable bonds is 8. The molecule has 0 bridgehead atoms. The molecular formula is C27H22F6N4O2. The van der Waals surface area contributed by atoms with Crippen molar-refractivity contribution in [1.82, 2.24) is 20.6 Å². The maximum Gasteiger partial charge on any atom is 0.416 e. The van der Waals surface area contributed by atoms with Crippen LogP contribution in [0.2, 0.25) is 0 Å². The lowest BCUT2D eigenvalue weighted by atomic mass is 10.0. The van der Waals surface area contributed by atoms with Crippen LogP contribution >= 0.6 is 0 Å². The van der Waals surface area contributed by atoms with E-state index in [-0.39, 0.29) is 24.5 Å². The predicted octanol–water partition coefficient (Wildman–Crippen LogP) is 5.19. The first-order chi connectivity index (χ1) is 18.4. The van der Waals surface area contributed by atoms with Crippen LogP contribution in [-0.2, 0) is 41.3 Å². The number of alkyl halides is 6. The van der Waals surface area contributed by atoms with Crippen molar-refractivity contribution in [3.8, 4) is 0 Å². The zero-order valence-corrected chi connectivity index (χ0v) is 20.2. The van der Waals surface area contributed by atoms with Gasteiger partial charge in [0.2, 0.25) is 11.8 Å². The second-order valence-corrected chi connectivity index (χ2v) is 8.85. The third kappa shape index (κ3) is 7.15. The summed E-state index contributed by atoms with van der Waals surface area (Å²) in [7, 11) is 0. The molecule has 0 aliphatic rings. The van der Waals surface area contributed by atoms with E-state index in [4.69, 9.17) is 0 Å². The van der Waals surface area contributed by atoms with Gasteiger partial charge < -0.3 is 15.6 Å². The summed E-state index contributed by atoms with van der Waals surface area (Å²) < 4.78 is 79.3. The molecule has 3 N–H and O–H groups in total. The number of carbonyl (C=O) groups excluding carboxylic acids is 2. The van der Waals surface area contributed by atoms with Crippen LogP contribution in [0.3, 0.4) is 0 Å². The highest BCUT2D eigenvalue weighted by atomic mass is 19.4. The average Bonchev–Trinajstić information content (AvgIpc) is 3.29. The molecule has 2 amide bonds. The molecule has 0 fully saturated rings. The highest BCUT2D eigenvalue weighted by Crippen LogP contribution is 2.36. The summed E-state index contributed by atoms with van der Waals surface area (Å²) in [6.07, 6.45) is -5.40. The molecule has 0 radical (unpaired) electrons. The zero-order chi connectivity index (χ0) is 28.2. The van der Waals surface area contributed by atoms with Crippen molar-refractivity contribution in [3.05, 3.63) is 101 Å². The summed E-state index contributed by atoms with van der Waals surface area (Å²) in [6, 6.07) is 10.4. The van der Waals surface area contributed by atoms with Gasteiger partial charge in [0.05, 0.1) is 17.5 Å². The van der Waals surface area contributed by atoms with Gasteiger partial charge in [0.25, 0.3) is 0 Å². The Balaban J connectivity index is 1.55. The van der Waals surface area contributed by atoms with E-state index in [2.05, 4.69) is 20.6 Å². The van der Waals surface area contributed by atoms with Gasteiger partial charge in [0.15, 0.2) is 0 Å². The van der Waals surface area contributed by atoms with Gasteiger partial charge in [0, 0.05) is 42.5 Å². The fraction of sp³-hybridized carbons (Fsp3) is 0.222. The molecule has 4 aromatic rings. The first kappa shape index (κ1) is 27.7. The summed E-state index contributed by atoms with van der Waals surface area (Å²) in [6.45, 7) is -0.615. The molecule has 0 aliphatic carbocycles. The molecule has 1 unspecified atom stereocenters. The van der Waals surface area contributed by atoms with Crippen LogP contribution in [0.15, 0.2) is 73.2 Å². The maximum absolute atomic E-state index is 13.2. The van der Waals surface area contributed by atoms with E-state index in [9.17, 15) is 35.9 Å². The molecule has 0 spiro atoms. The van der Waals surface area contributed by atoms with E-state index in [1.54, 1.807) is 24.4 Å². The highest BCUT2D eigenvalue weighted by Gasteiger charge is 2.37. The van der Waals surface area contributed by atoms with Crippen LogP contribution < -0.4 is 10.6 Å². The van der Waals surface area contributed by atoms with Gasteiger partial charge in [-0.05, 0) is 53.1 Å². The van der Waals surface area contributed by atoms with Gasteiger partial charge in [-0.2, -0.15) is 26.3 Å². The quantitative estimate of drug-likeness (QED) is 0.265. The number of amides is 2. The van der Waals surface area contributed by atoms with Gasteiger partial charge in [0.1, 0.15) is 6.04 Å². The van der Waals surface area contributed by atoms with E-state index in [1.165, 1.54) is 12.4 Å². The lowest BCUT2D eigenvalue weighted by Gasteiger charge is -2.19. The number of H-pyrrole nitrogens is 1. The van der Waals surface area contributed by atoms with Crippen molar-refractivity contribution in [2.75, 3.05) is 0 Å². The van der Waals surface area contributed by atoms with E-state index in [1.807, 2.05) is 18.2 Å². The number of aromatic amines is 1. The molecule has 6 nitrogen and oxygen atoms in total. The number of carbonyl (C=O) groups is 2. The SMILES string of the molecule is O=C(Cc1ccncc1)NC(Cc1c[nH]c2ccccc12)C(=O)NCc1cc(C(F)(F)F)cc(C(F)(F)F)c1. The highest BCUT2D eigenvalue weighted by molar-refractivity contribution is 5.90. The monoisotopic (exact) mass is 548 g/mol. The molecule has 2 aromatic carbocycles. The number of nitrogens with one attached hydrogen (secondary N) is 3. The third-order valence-electron chi connectivity index (χ3n) is 5.98. The number of fused-ring (bicyclic) bond motifs is 1. The molecular weight excluding hydrogens is 526 g/mol. The summed E-state index contributed by atoms with van der Waals surface area (Å²) in [5, 5.41) is 5.81. The van der Waals surface area contributed by atoms with Crippen molar-refractivity contribution in [3.63, 3.8) is 0 Å². The maximum atomic E-state index is 13.2. The van der Waals surface area contributed by atoms with E-state index < -0.39 is 47.9 Å². The number of hydrogen-bond acceptors (Lipinski definition) is 3. The standard InChI is InChI=1S/C27H22F6N4O2/c28-26(29,30)19-9-17(10-20(13-19)27(31,32)33)14-36-25(39)23(37-24(38)11-16-5-7-34-8-6-16)12-18-15-35-22-4-2-1-3-21(18)22/h1-10,13,15,23,35H,11-12,14H2,(H,36,39)(H,37,38). The van der Waals surface area contributed by atoms with Crippen LogP contribution in [0.1, 0.15) is 27.8 Å². The average molecular weight is 548 g/mol. The molecule has 2 heterocycles. The summed E-state index contributed by atoms with van der Waals surface area (Å²) >= 11 is 0. The summed E-state index contributed by atoms with van der Waals surface area (Å²) in [5.41, 5.74) is -1.24. The normalized spacial score (nSPS) is 12.8. The number of para-hydroxylation sites is 1. The summed E-state index contributed by atoms with van der Waals surface area (Å²) in [4.78, 5) is 32.8. The largest absolute Gasteiger partial charge is 0.416 e. The molecule has 12 heteroatoms. The number of pyridine rings is 1. The van der Waals surface area contributed by atoms with E-state index in [0.717, 1.165) is 10.9 Å². The molecule has 1 atom stereocenters. The van der Waals surface area contributed by atoms with Gasteiger partial charge in [-0.25, -0.2) is 0 Å². The Kier molecular flexibility index (Phi) is 7.93. The lowest BCUT2D eigenvalue weighted by molar-refractivity contribution is -0.143. The van der Waals surface area contributed by atoms with Gasteiger partial charge in [-0.3, -0.25) is 14.6 Å². The molecule has 2 aromatic heterocycles. The molecule has 204 valence electrons. The Bertz CT molecular complexity index is 1430. The Morgan fingerprint density at radius 1 is 0.872 bits per heavy atom. The van der Waals surface area contributed by atoms with Gasteiger partial charge in [-0.15, -0.1) is 0 Å². The number of benzene rings is 2. The number of nitrogens with zero attached hydrogens (tertiary/aromatic N) is 1. The zero-order valence-electron chi connectivity index (χ0n) is 20.2. The number of hydrogen-bond donors (Lipinski definition) is 3. The molecule has 0 saturated carbocycles. The van der Waals surface area contributed by atoms with Crippen molar-refractivity contribution < 1.29 is 35.9 Å². The van der Waals surface area contributed by atoms with Crippen LogP contribution in [0.5, 0.6) is 0 Å². The second-order valence-electron chi connectivity index (χ2n) is 8.85. The predicted molar refractivity (Wildman–Crippen MR) is 130 cm³/mol. The van der Waals surface area contributed by atoms with E-state index in [0.29, 0.717) is 23.3 Å². The Morgan fingerprint density at radius 2 is 1.51 bits per heavy atom. The third-order valence-corrected chi connectivity index (χ3v) is 5.98. The Morgan fingerprint density at radius 3 is 2.15 bits per heavy atom. The van der Waals surface area contributed by atoms with Crippen molar-refractivity contribution >= 4 is 22.7 Å². The number of aromatic nitrogens is 2. The van der Waals surface area contributed by atoms with Crippen LogP contribution in [0, 0.1) is 0 Å². The first-order valence-electron chi connectivity index (χ1n) is 11.7. The molecule has 39 heavy (non-hydrogen) atoms. The van der Waals surface area contributed by atoms with Crippen LogP contribution in [0.4, 0.5) is 26.3 Å². The lowest BCUT2D eigenvalue weighted by Crippen LogP contribution is -2.48. The minimum atomic E-state index is -5.02. The fourth-order valence-electron chi connectivity index (χ4n) is 4.09. The molecule has 0 saturated heterocycles. The smallest absolute Gasteiger partial charge is 0.361 e. The molecule has 4 rings (SSSR count). The number of halogens is 6.